The van der Waals surface area contributed by atoms with Crippen LogP contribution < -0.4 is 4.90 Å². The summed E-state index contributed by atoms with van der Waals surface area (Å²) in [7, 11) is 4.14. The van der Waals surface area contributed by atoms with E-state index in [4.69, 9.17) is 9.84 Å². The Morgan fingerprint density at radius 2 is 1.76 bits per heavy atom. The van der Waals surface area contributed by atoms with Gasteiger partial charge in [0.25, 0.3) is 0 Å². The zero-order chi connectivity index (χ0) is 47.6. The molecule has 7 rings (SSSR count). The molecule has 0 unspecified atom stereocenters. The van der Waals surface area contributed by atoms with Gasteiger partial charge >= 0.3 is 11.9 Å². The number of unbranched alkanes of at least 4 members (excludes halogenated alkanes) is 3. The van der Waals surface area contributed by atoms with Crippen LogP contribution in [0.15, 0.2) is 95.6 Å². The predicted molar refractivity (Wildman–Crippen MR) is 258 cm³/mol. The van der Waals surface area contributed by atoms with E-state index in [1.54, 1.807) is 29.9 Å². The maximum Gasteiger partial charge on any atom is 0.342 e. The van der Waals surface area contributed by atoms with Gasteiger partial charge in [-0.15, -0.1) is 5.92 Å². The van der Waals surface area contributed by atoms with E-state index < -0.39 is 41.6 Å². The predicted octanol–water partition coefficient (Wildman–Crippen LogP) is 10.2. The number of carbonyl (C=O) groups excluding carboxylic acids is 3. The molecule has 10 nitrogen and oxygen atoms in total. The Balaban J connectivity index is 0.000000218. The third kappa shape index (κ3) is 11.5. The Morgan fingerprint density at radius 3 is 2.45 bits per heavy atom. The molecule has 4 N–H and O–H groups in total. The lowest BCUT2D eigenvalue weighted by molar-refractivity contribution is -0.137. The fourth-order valence-electron chi connectivity index (χ4n) is 11.5. The van der Waals surface area contributed by atoms with Crippen molar-refractivity contribution in [1.29, 1.82) is 0 Å². The lowest BCUT2D eigenvalue weighted by Crippen LogP contribution is -2.51. The number of Topliss-reactive ketones (excluding diaryl/α,β-unsaturated/α-hetero) is 1. The van der Waals surface area contributed by atoms with E-state index >= 15 is 0 Å². The summed E-state index contributed by atoms with van der Waals surface area (Å²) in [5.74, 6) is 5.22. The molecule has 0 heterocycles. The van der Waals surface area contributed by atoms with Gasteiger partial charge < -0.3 is 30.1 Å². The van der Waals surface area contributed by atoms with Gasteiger partial charge in [0.05, 0.1) is 6.10 Å². The number of ketones is 2. The minimum Gasteiger partial charge on any atom is -0.507 e. The third-order valence-corrected chi connectivity index (χ3v) is 15.1. The van der Waals surface area contributed by atoms with Crippen LogP contribution >= 0.6 is 0 Å². The highest BCUT2D eigenvalue weighted by Gasteiger charge is 2.62. The summed E-state index contributed by atoms with van der Waals surface area (Å²) in [5, 5.41) is 40.7. The van der Waals surface area contributed by atoms with Gasteiger partial charge in [-0.05, 0) is 130 Å². The number of carboxylic acids is 1. The van der Waals surface area contributed by atoms with E-state index in [0.29, 0.717) is 43.9 Å². The smallest absolute Gasteiger partial charge is 0.342 e. The number of hydrogen-bond acceptors (Lipinski definition) is 9. The molecule has 2 aromatic rings. The minimum absolute atomic E-state index is 0.0274. The zero-order valence-electron chi connectivity index (χ0n) is 39.6. The fraction of sp³-hybridized carbons (Fsp3) is 0.536. The lowest BCUT2D eigenvalue weighted by atomic mass is 9.51. The first-order valence-electron chi connectivity index (χ1n) is 24.3. The van der Waals surface area contributed by atoms with Crippen LogP contribution in [0, 0.1) is 40.9 Å². The molecule has 0 aliphatic heterocycles. The number of benzene rings is 2. The van der Waals surface area contributed by atoms with E-state index in [9.17, 15) is 34.5 Å². The molecule has 0 aromatic heterocycles. The highest BCUT2D eigenvalue weighted by Crippen LogP contribution is 2.66. The summed E-state index contributed by atoms with van der Waals surface area (Å²) in [4.78, 5) is 50.4. The van der Waals surface area contributed by atoms with E-state index in [2.05, 4.69) is 68.9 Å². The SMILES string of the molecule is CC#C[C@]1(O)CC[C@H]2[C@@H]3CCC4=CC(=O)CCC4=C3[C@@H](c3ccc(N(C)C)cc3)C[C@@]21C.CCCCC[C@H](O)/C=C/[C@H]1[C@H](OC(=O)c2ccccc2O)CC(=O)[C@@H]1C/C=C\CCCC(=O)O. The molecule has 5 aliphatic carbocycles. The highest BCUT2D eigenvalue weighted by molar-refractivity contribution is 5.94. The van der Waals surface area contributed by atoms with Crippen molar-refractivity contribution >= 4 is 29.2 Å². The maximum atomic E-state index is 12.8. The van der Waals surface area contributed by atoms with Crippen LogP contribution in [0.5, 0.6) is 5.75 Å². The molecule has 3 fully saturated rings. The first kappa shape index (κ1) is 50.2. The molecule has 0 amide bonds. The van der Waals surface area contributed by atoms with Gasteiger partial charge in [0.2, 0.25) is 0 Å². The third-order valence-electron chi connectivity index (χ3n) is 15.1. The number of nitrogens with zero attached hydrogens (tertiary/aromatic N) is 1. The molecule has 354 valence electrons. The highest BCUT2D eigenvalue weighted by atomic mass is 16.5. The van der Waals surface area contributed by atoms with Crippen molar-refractivity contribution in [2.24, 2.45) is 29.1 Å². The topological polar surface area (TPSA) is 162 Å². The monoisotopic (exact) mass is 902 g/mol. The number of carboxylic acid groups (broad SMARTS) is 1. The molecule has 0 spiro atoms. The Hall–Kier alpha value is -5.24. The summed E-state index contributed by atoms with van der Waals surface area (Å²) in [6, 6.07) is 15.1. The zero-order valence-corrected chi connectivity index (χ0v) is 39.6. The maximum absolute atomic E-state index is 12.8. The largest absolute Gasteiger partial charge is 0.507 e. The molecule has 9 atom stereocenters. The van der Waals surface area contributed by atoms with Crippen molar-refractivity contribution in [3.8, 4) is 17.6 Å². The number of aliphatic hydroxyl groups excluding tert-OH is 1. The first-order chi connectivity index (χ1) is 31.6. The van der Waals surface area contributed by atoms with E-state index in [-0.39, 0.29) is 47.1 Å². The number of hydrogen-bond donors (Lipinski definition) is 4. The number of esters is 1. The number of phenolic OH excluding ortho intramolecular Hbond substituents is 1. The molecule has 66 heavy (non-hydrogen) atoms. The molecule has 0 radical (unpaired) electrons. The second-order valence-electron chi connectivity index (χ2n) is 19.5. The molecule has 0 saturated heterocycles. The average Bonchev–Trinajstić information content (AvgIpc) is 3.73. The number of para-hydroxylation sites is 1. The number of aliphatic carboxylic acids is 1. The summed E-state index contributed by atoms with van der Waals surface area (Å²) in [5.41, 5.74) is 5.76. The number of aromatic hydroxyl groups is 1. The number of rotatable bonds is 16. The summed E-state index contributed by atoms with van der Waals surface area (Å²) in [6.07, 6.45) is 19.5. The molecular weight excluding hydrogens is 831 g/mol. The van der Waals surface area contributed by atoms with Crippen molar-refractivity contribution in [3.05, 3.63) is 107 Å². The molecule has 5 aliphatic rings. The molecule has 2 aromatic carbocycles. The number of carbonyl (C=O) groups is 4. The van der Waals surface area contributed by atoms with Crippen molar-refractivity contribution in [3.63, 3.8) is 0 Å². The Kier molecular flexibility index (Phi) is 17.1. The number of allylic oxidation sites excluding steroid dienone is 6. The van der Waals surface area contributed by atoms with Crippen molar-refractivity contribution in [2.75, 3.05) is 19.0 Å². The summed E-state index contributed by atoms with van der Waals surface area (Å²) in [6.45, 7) is 6.24. The molecule has 3 saturated carbocycles. The van der Waals surface area contributed by atoms with Crippen LogP contribution in [-0.2, 0) is 19.1 Å². The fourth-order valence-corrected chi connectivity index (χ4v) is 11.5. The second-order valence-corrected chi connectivity index (χ2v) is 19.5. The number of ether oxygens (including phenoxy) is 1. The van der Waals surface area contributed by atoms with Gasteiger partial charge in [0, 0.05) is 62.2 Å². The van der Waals surface area contributed by atoms with Gasteiger partial charge in [-0.3, -0.25) is 14.4 Å². The molecule has 0 bridgehead atoms. The van der Waals surface area contributed by atoms with Crippen LogP contribution in [-0.4, -0.2) is 75.8 Å². The first-order valence-corrected chi connectivity index (χ1v) is 24.3. The van der Waals surface area contributed by atoms with Crippen LogP contribution in [0.3, 0.4) is 0 Å². The Bertz CT molecular complexity index is 2260. The Labute approximate surface area is 391 Å². The van der Waals surface area contributed by atoms with Gasteiger partial charge in [-0.25, -0.2) is 4.79 Å². The van der Waals surface area contributed by atoms with Crippen LogP contribution in [0.1, 0.15) is 145 Å². The van der Waals surface area contributed by atoms with Crippen LogP contribution in [0.4, 0.5) is 5.69 Å². The quantitative estimate of drug-likeness (QED) is 0.0552. The van der Waals surface area contributed by atoms with E-state index in [0.717, 1.165) is 57.8 Å². The standard InChI is InChI=1S/C29H35NO2.C27H36O7/c1-5-15-29(32)16-14-26-24-12-8-20-17-22(31)11-13-23(20)27(24)25(18-28(26,29)2)19-6-9-21(10-7-19)30(3)4;1-2-3-6-11-19(28)16-17-21-20(12-7-4-5-8-15-26(31)32)24(30)18-25(21)34-27(33)22-13-9-10-14-23(22)29/h6-7,9-10,17,24-26,32H,8,11-14,16,18H2,1-4H3;4,7,9-10,13-14,16-17,19-21,25,28-29H,2-3,5-6,8,11-12,15,18H2,1H3,(H,31,32)/b;7-4-,17-16+/t24-,25+,26-,28-,29-;19-,20+,21+,25+/m00/s1. The van der Waals surface area contributed by atoms with Crippen molar-refractivity contribution in [2.45, 2.75) is 147 Å². The minimum atomic E-state index is -0.914. The Morgan fingerprint density at radius 1 is 1.00 bits per heavy atom. The second kappa shape index (κ2) is 22.5. The number of aliphatic hydroxyl groups is 2. The van der Waals surface area contributed by atoms with Crippen molar-refractivity contribution < 1.29 is 44.3 Å². The van der Waals surface area contributed by atoms with Gasteiger partial charge in [0.1, 0.15) is 28.8 Å². The normalized spacial score (nSPS) is 28.4. The van der Waals surface area contributed by atoms with E-state index in [1.807, 2.05) is 25.2 Å². The number of fused-ring (bicyclic) bond motifs is 4. The van der Waals surface area contributed by atoms with Crippen LogP contribution in [0.25, 0.3) is 0 Å². The summed E-state index contributed by atoms with van der Waals surface area (Å²) < 4.78 is 5.65. The molecular formula is C56H71NO9. The average molecular weight is 902 g/mol. The number of phenols is 1. The van der Waals surface area contributed by atoms with Gasteiger partial charge in [-0.1, -0.05) is 93.2 Å². The van der Waals surface area contributed by atoms with E-state index in [1.165, 1.54) is 34.5 Å². The lowest BCUT2D eigenvalue weighted by Gasteiger charge is -2.53. The number of anilines is 1. The van der Waals surface area contributed by atoms with Gasteiger partial charge in [0.15, 0.2) is 5.78 Å². The summed E-state index contributed by atoms with van der Waals surface area (Å²) >= 11 is 0. The van der Waals surface area contributed by atoms with Crippen molar-refractivity contribution in [1.82, 2.24) is 0 Å². The van der Waals surface area contributed by atoms with Gasteiger partial charge in [-0.2, -0.15) is 0 Å². The van der Waals surface area contributed by atoms with Crippen LogP contribution in [0.2, 0.25) is 0 Å². The molecule has 10 heteroatoms.